The van der Waals surface area contributed by atoms with Gasteiger partial charge in [-0.15, -0.1) is 0 Å². The summed E-state index contributed by atoms with van der Waals surface area (Å²) >= 11 is 6.18. The molecule has 1 aromatic carbocycles. The van der Waals surface area contributed by atoms with Gasteiger partial charge in [0, 0.05) is 17.2 Å². The molecule has 5 heteroatoms. The average molecular weight is 301 g/mol. The Bertz CT molecular complexity index is 717. The van der Waals surface area contributed by atoms with Crippen LogP contribution in [0.4, 0.5) is 11.5 Å². The van der Waals surface area contributed by atoms with Crippen LogP contribution in [0.3, 0.4) is 0 Å². The molecule has 4 nitrogen and oxygen atoms in total. The molecule has 2 aromatic rings. The van der Waals surface area contributed by atoms with Crippen LogP contribution in [-0.4, -0.2) is 9.97 Å². The van der Waals surface area contributed by atoms with Gasteiger partial charge in [-0.25, -0.2) is 9.97 Å². The minimum atomic E-state index is 0.190. The van der Waals surface area contributed by atoms with E-state index >= 15 is 0 Å². The summed E-state index contributed by atoms with van der Waals surface area (Å²) in [7, 11) is 0. The molecule has 0 atom stereocenters. The number of rotatable bonds is 3. The van der Waals surface area contributed by atoms with Crippen LogP contribution in [0.2, 0.25) is 5.15 Å². The van der Waals surface area contributed by atoms with Crippen molar-refractivity contribution in [3.63, 3.8) is 0 Å². The van der Waals surface area contributed by atoms with Crippen molar-refractivity contribution in [3.8, 4) is 6.07 Å². The zero-order valence-corrected chi connectivity index (χ0v) is 13.3. The van der Waals surface area contributed by atoms with Crippen LogP contribution in [0.15, 0.2) is 18.2 Å². The van der Waals surface area contributed by atoms with Gasteiger partial charge in [0.2, 0.25) is 0 Å². The van der Waals surface area contributed by atoms with E-state index in [0.717, 1.165) is 16.8 Å². The van der Waals surface area contributed by atoms with Crippen LogP contribution in [0.5, 0.6) is 0 Å². The maximum Gasteiger partial charge on any atom is 0.138 e. The van der Waals surface area contributed by atoms with Crippen molar-refractivity contribution >= 4 is 23.1 Å². The lowest BCUT2D eigenvalue weighted by Crippen LogP contribution is -2.05. The normalized spacial score (nSPS) is 10.5. The molecule has 1 heterocycles. The number of nitrogens with one attached hydrogen (secondary N) is 1. The second kappa shape index (κ2) is 6.11. The van der Waals surface area contributed by atoms with Gasteiger partial charge in [-0.2, -0.15) is 5.26 Å². The Labute approximate surface area is 129 Å². The maximum atomic E-state index is 9.01. The third-order valence-corrected chi connectivity index (χ3v) is 3.61. The van der Waals surface area contributed by atoms with Gasteiger partial charge in [0.05, 0.1) is 11.6 Å². The third-order valence-electron chi connectivity index (χ3n) is 3.24. The summed E-state index contributed by atoms with van der Waals surface area (Å²) in [5, 5.41) is 12.7. The monoisotopic (exact) mass is 300 g/mol. The second-order valence-corrected chi connectivity index (χ2v) is 5.63. The van der Waals surface area contributed by atoms with Crippen molar-refractivity contribution in [2.75, 3.05) is 5.32 Å². The van der Waals surface area contributed by atoms with Crippen LogP contribution in [0.25, 0.3) is 0 Å². The summed E-state index contributed by atoms with van der Waals surface area (Å²) in [4.78, 5) is 8.83. The van der Waals surface area contributed by atoms with Gasteiger partial charge < -0.3 is 5.32 Å². The summed E-state index contributed by atoms with van der Waals surface area (Å²) in [5.41, 5.74) is 3.28. The lowest BCUT2D eigenvalue weighted by Gasteiger charge is -2.14. The van der Waals surface area contributed by atoms with Crippen molar-refractivity contribution in [2.24, 2.45) is 0 Å². The molecule has 0 aliphatic heterocycles. The fourth-order valence-electron chi connectivity index (χ4n) is 1.84. The molecule has 1 aromatic heterocycles. The Kier molecular flexibility index (Phi) is 4.44. The Morgan fingerprint density at radius 1 is 1.24 bits per heavy atom. The van der Waals surface area contributed by atoms with Gasteiger partial charge >= 0.3 is 0 Å². The minimum absolute atomic E-state index is 0.190. The topological polar surface area (TPSA) is 61.6 Å². The number of aryl methyl sites for hydroxylation is 1. The van der Waals surface area contributed by atoms with Gasteiger partial charge in [-0.1, -0.05) is 31.5 Å². The highest BCUT2D eigenvalue weighted by Gasteiger charge is 2.13. The van der Waals surface area contributed by atoms with Gasteiger partial charge in [-0.3, -0.25) is 0 Å². The highest BCUT2D eigenvalue weighted by atomic mass is 35.5. The first-order valence-corrected chi connectivity index (χ1v) is 7.12. The Morgan fingerprint density at radius 3 is 2.57 bits per heavy atom. The smallest absolute Gasteiger partial charge is 0.138 e. The van der Waals surface area contributed by atoms with Crippen LogP contribution in [0.1, 0.15) is 42.3 Å². The number of anilines is 2. The summed E-state index contributed by atoms with van der Waals surface area (Å²) < 4.78 is 0. The van der Waals surface area contributed by atoms with E-state index < -0.39 is 0 Å². The molecular weight excluding hydrogens is 284 g/mol. The van der Waals surface area contributed by atoms with Crippen LogP contribution < -0.4 is 5.32 Å². The summed E-state index contributed by atoms with van der Waals surface area (Å²) in [6.07, 6.45) is 0. The Morgan fingerprint density at radius 2 is 1.95 bits per heavy atom. The minimum Gasteiger partial charge on any atom is -0.340 e. The van der Waals surface area contributed by atoms with Crippen molar-refractivity contribution < 1.29 is 0 Å². The highest BCUT2D eigenvalue weighted by Crippen LogP contribution is 2.27. The molecule has 0 amide bonds. The largest absolute Gasteiger partial charge is 0.340 e. The summed E-state index contributed by atoms with van der Waals surface area (Å²) in [5.74, 6) is 1.56. The number of nitrogens with zero attached hydrogens (tertiary/aromatic N) is 3. The van der Waals surface area contributed by atoms with Crippen molar-refractivity contribution in [2.45, 2.75) is 33.6 Å². The van der Waals surface area contributed by atoms with E-state index in [2.05, 4.69) is 21.4 Å². The quantitative estimate of drug-likeness (QED) is 0.849. The first-order valence-electron chi connectivity index (χ1n) is 6.74. The lowest BCUT2D eigenvalue weighted by atomic mass is 10.1. The van der Waals surface area contributed by atoms with E-state index in [-0.39, 0.29) is 5.92 Å². The van der Waals surface area contributed by atoms with E-state index in [9.17, 15) is 0 Å². The number of aromatic nitrogens is 2. The molecule has 0 aliphatic rings. The van der Waals surface area contributed by atoms with Gasteiger partial charge in [0.15, 0.2) is 0 Å². The van der Waals surface area contributed by atoms with E-state index in [1.165, 1.54) is 0 Å². The molecule has 2 rings (SSSR count). The number of hydrogen-bond acceptors (Lipinski definition) is 4. The average Bonchev–Trinajstić information content (AvgIpc) is 2.45. The van der Waals surface area contributed by atoms with Crippen LogP contribution >= 0.6 is 11.6 Å². The second-order valence-electron chi connectivity index (χ2n) is 5.27. The van der Waals surface area contributed by atoms with E-state index in [0.29, 0.717) is 22.4 Å². The number of benzene rings is 1. The molecule has 0 saturated carbocycles. The van der Waals surface area contributed by atoms with Crippen molar-refractivity contribution in [3.05, 3.63) is 45.9 Å². The Balaban J connectivity index is 2.46. The Hall–Kier alpha value is -2.12. The molecule has 0 spiro atoms. The number of nitriles is 1. The fourth-order valence-corrected chi connectivity index (χ4v) is 2.02. The molecule has 108 valence electrons. The molecule has 0 bridgehead atoms. The van der Waals surface area contributed by atoms with Crippen LogP contribution in [-0.2, 0) is 0 Å². The van der Waals surface area contributed by atoms with Crippen LogP contribution in [0, 0.1) is 25.2 Å². The molecule has 0 unspecified atom stereocenters. The SMILES string of the molecule is Cc1ccc(C#N)cc1Nc1nc(C(C)C)nc(Cl)c1C. The van der Waals surface area contributed by atoms with E-state index in [4.69, 9.17) is 16.9 Å². The van der Waals surface area contributed by atoms with E-state index in [1.54, 1.807) is 12.1 Å². The summed E-state index contributed by atoms with van der Waals surface area (Å²) in [6, 6.07) is 7.64. The maximum absolute atomic E-state index is 9.01. The molecule has 0 aliphatic carbocycles. The predicted molar refractivity (Wildman–Crippen MR) is 85.0 cm³/mol. The molecule has 0 saturated heterocycles. The first kappa shape index (κ1) is 15.3. The van der Waals surface area contributed by atoms with E-state index in [1.807, 2.05) is 33.8 Å². The van der Waals surface area contributed by atoms with Gasteiger partial charge in [0.25, 0.3) is 0 Å². The summed E-state index contributed by atoms with van der Waals surface area (Å²) in [6.45, 7) is 7.89. The highest BCUT2D eigenvalue weighted by molar-refractivity contribution is 6.30. The van der Waals surface area contributed by atoms with Gasteiger partial charge in [-0.05, 0) is 31.5 Å². The standard InChI is InChI=1S/C16H17ClN4/c1-9(2)15-20-14(17)11(4)16(21-15)19-13-7-12(8-18)6-5-10(13)3/h5-7,9H,1-4H3,(H,19,20,21). The lowest BCUT2D eigenvalue weighted by molar-refractivity contribution is 0.773. The van der Waals surface area contributed by atoms with Gasteiger partial charge in [0.1, 0.15) is 16.8 Å². The molecule has 1 N–H and O–H groups in total. The molecular formula is C16H17ClN4. The molecule has 0 radical (unpaired) electrons. The third kappa shape index (κ3) is 3.32. The number of hydrogen-bond donors (Lipinski definition) is 1. The van der Waals surface area contributed by atoms with Crippen molar-refractivity contribution in [1.82, 2.24) is 9.97 Å². The van der Waals surface area contributed by atoms with Crippen molar-refractivity contribution in [1.29, 1.82) is 5.26 Å². The zero-order chi connectivity index (χ0) is 15.6. The predicted octanol–water partition coefficient (Wildman–Crippen LogP) is 4.49. The zero-order valence-electron chi connectivity index (χ0n) is 12.5. The number of halogens is 1. The first-order chi connectivity index (χ1) is 9.92. The molecule has 0 fully saturated rings. The fraction of sp³-hybridized carbons (Fsp3) is 0.312. The molecule has 21 heavy (non-hydrogen) atoms.